The van der Waals surface area contributed by atoms with E-state index in [0.717, 1.165) is 18.5 Å². The van der Waals surface area contributed by atoms with Gasteiger partial charge in [-0.05, 0) is 18.5 Å². The molecule has 17 heavy (non-hydrogen) atoms. The molecule has 4 heteroatoms. The highest BCUT2D eigenvalue weighted by Crippen LogP contribution is 2.10. The van der Waals surface area contributed by atoms with Crippen LogP contribution in [0.1, 0.15) is 12.0 Å². The second kappa shape index (κ2) is 5.46. The lowest BCUT2D eigenvalue weighted by molar-refractivity contribution is -0.135. The summed E-state index contributed by atoms with van der Waals surface area (Å²) < 4.78 is 0. The number of nitrogens with zero attached hydrogens (tertiary/aromatic N) is 2. The number of amides is 1. The van der Waals surface area contributed by atoms with Crippen molar-refractivity contribution in [1.29, 1.82) is 5.26 Å². The lowest BCUT2D eigenvalue weighted by Gasteiger charge is -2.31. The molecule has 0 spiro atoms. The molecule has 1 N–H and O–H groups in total. The van der Waals surface area contributed by atoms with Crippen molar-refractivity contribution in [1.82, 2.24) is 10.2 Å². The summed E-state index contributed by atoms with van der Waals surface area (Å²) in [5.74, 6) is 0.0293. The average Bonchev–Trinajstić information content (AvgIpc) is 2.27. The predicted octanol–water partition coefficient (Wildman–Crippen LogP) is 0.901. The van der Waals surface area contributed by atoms with E-state index in [4.69, 9.17) is 5.26 Å². The Kier molecular flexibility index (Phi) is 3.73. The maximum atomic E-state index is 12.0. The Labute approximate surface area is 101 Å². The second-order valence-electron chi connectivity index (χ2n) is 4.13. The van der Waals surface area contributed by atoms with E-state index in [1.807, 2.05) is 36.4 Å². The van der Waals surface area contributed by atoms with Gasteiger partial charge in [0.05, 0.1) is 12.1 Å². The van der Waals surface area contributed by atoms with Gasteiger partial charge >= 0.3 is 0 Å². The summed E-state index contributed by atoms with van der Waals surface area (Å²) in [6, 6.07) is 11.7. The summed E-state index contributed by atoms with van der Waals surface area (Å²) in [6.45, 7) is 1.54. The molecular weight excluding hydrogens is 214 g/mol. The fourth-order valence-electron chi connectivity index (χ4n) is 1.82. The highest BCUT2D eigenvalue weighted by molar-refractivity contribution is 5.83. The van der Waals surface area contributed by atoms with Crippen LogP contribution in [0.25, 0.3) is 0 Å². The largest absolute Gasteiger partial charge is 0.324 e. The summed E-state index contributed by atoms with van der Waals surface area (Å²) in [6.07, 6.45) is 0.871. The number of carbonyl (C=O) groups is 1. The molecule has 1 unspecified atom stereocenters. The normalized spacial score (nSPS) is 17.9. The van der Waals surface area contributed by atoms with E-state index in [1.54, 1.807) is 4.90 Å². The molecule has 4 nitrogen and oxygen atoms in total. The van der Waals surface area contributed by atoms with Gasteiger partial charge in [0.25, 0.3) is 0 Å². The average molecular weight is 229 g/mol. The Balaban J connectivity index is 2.02. The molecule has 1 fully saturated rings. The van der Waals surface area contributed by atoms with Crippen molar-refractivity contribution in [2.75, 3.05) is 13.1 Å². The Hall–Kier alpha value is -1.86. The topological polar surface area (TPSA) is 56.1 Å². The van der Waals surface area contributed by atoms with Crippen molar-refractivity contribution in [2.24, 2.45) is 0 Å². The van der Waals surface area contributed by atoms with Crippen LogP contribution in [0.4, 0.5) is 0 Å². The molecule has 0 aromatic heterocycles. The highest BCUT2D eigenvalue weighted by atomic mass is 16.2. The molecule has 0 bridgehead atoms. The predicted molar refractivity (Wildman–Crippen MR) is 63.9 cm³/mol. The molecule has 1 aromatic carbocycles. The minimum absolute atomic E-state index is 0.0293. The van der Waals surface area contributed by atoms with Gasteiger partial charge in [0, 0.05) is 6.54 Å². The quantitative estimate of drug-likeness (QED) is 0.780. The molecule has 0 radical (unpaired) electrons. The number of nitriles is 1. The molecule has 1 amide bonds. The van der Waals surface area contributed by atoms with E-state index in [-0.39, 0.29) is 18.5 Å². The van der Waals surface area contributed by atoms with Crippen LogP contribution in [-0.4, -0.2) is 29.9 Å². The first-order valence-corrected chi connectivity index (χ1v) is 5.74. The fraction of sp³-hybridized carbons (Fsp3) is 0.385. The van der Waals surface area contributed by atoms with E-state index in [2.05, 4.69) is 5.32 Å². The second-order valence-corrected chi connectivity index (χ2v) is 4.13. The zero-order valence-corrected chi connectivity index (χ0v) is 9.60. The van der Waals surface area contributed by atoms with Gasteiger partial charge in [-0.1, -0.05) is 30.3 Å². The number of hydrogen-bond donors (Lipinski definition) is 1. The first kappa shape index (κ1) is 11.6. The van der Waals surface area contributed by atoms with Crippen molar-refractivity contribution >= 4 is 5.91 Å². The molecular formula is C13H15N3O. The molecule has 1 aliphatic rings. The third kappa shape index (κ3) is 2.83. The number of rotatable bonds is 4. The maximum Gasteiger partial charge on any atom is 0.240 e. The SMILES string of the molecule is N#CCN(Cc1ccccc1)C(=O)C1CCN1. The minimum atomic E-state index is -0.0907. The number of hydrogen-bond acceptors (Lipinski definition) is 3. The van der Waals surface area contributed by atoms with Crippen LogP contribution < -0.4 is 5.32 Å². The van der Waals surface area contributed by atoms with Crippen LogP contribution in [0, 0.1) is 11.3 Å². The van der Waals surface area contributed by atoms with Crippen LogP contribution in [0.2, 0.25) is 0 Å². The summed E-state index contributed by atoms with van der Waals surface area (Å²) in [5, 5.41) is 11.8. The first-order chi connectivity index (χ1) is 8.31. The number of carbonyl (C=O) groups excluding carboxylic acids is 1. The van der Waals surface area contributed by atoms with Crippen LogP contribution in [0.3, 0.4) is 0 Å². The van der Waals surface area contributed by atoms with Crippen molar-refractivity contribution < 1.29 is 4.79 Å². The molecule has 0 aliphatic carbocycles. The van der Waals surface area contributed by atoms with Crippen LogP contribution in [-0.2, 0) is 11.3 Å². The monoisotopic (exact) mass is 229 g/mol. The summed E-state index contributed by atoms with van der Waals surface area (Å²) in [5.41, 5.74) is 1.05. The van der Waals surface area contributed by atoms with Gasteiger partial charge in [-0.2, -0.15) is 5.26 Å². The van der Waals surface area contributed by atoms with Gasteiger partial charge in [-0.15, -0.1) is 0 Å². The summed E-state index contributed by atoms with van der Waals surface area (Å²) in [4.78, 5) is 13.6. The van der Waals surface area contributed by atoms with Crippen molar-refractivity contribution in [3.05, 3.63) is 35.9 Å². The summed E-state index contributed by atoms with van der Waals surface area (Å²) in [7, 11) is 0. The molecule has 1 atom stereocenters. The Morgan fingerprint density at radius 1 is 1.47 bits per heavy atom. The maximum absolute atomic E-state index is 12.0. The van der Waals surface area contributed by atoms with Gasteiger partial charge in [-0.3, -0.25) is 4.79 Å². The van der Waals surface area contributed by atoms with Crippen molar-refractivity contribution in [3.63, 3.8) is 0 Å². The van der Waals surface area contributed by atoms with Crippen LogP contribution in [0.15, 0.2) is 30.3 Å². The van der Waals surface area contributed by atoms with Gasteiger partial charge < -0.3 is 10.2 Å². The lowest BCUT2D eigenvalue weighted by atomic mass is 10.1. The Bertz CT molecular complexity index is 420. The molecule has 88 valence electrons. The third-order valence-corrected chi connectivity index (χ3v) is 2.91. The molecule has 1 aliphatic heterocycles. The zero-order chi connectivity index (χ0) is 12.1. The smallest absolute Gasteiger partial charge is 0.240 e. The van der Waals surface area contributed by atoms with E-state index in [1.165, 1.54) is 0 Å². The van der Waals surface area contributed by atoms with Gasteiger partial charge in [-0.25, -0.2) is 0 Å². The van der Waals surface area contributed by atoms with Gasteiger partial charge in [0.1, 0.15) is 6.54 Å². The lowest BCUT2D eigenvalue weighted by Crippen LogP contribution is -2.54. The van der Waals surface area contributed by atoms with Crippen molar-refractivity contribution in [2.45, 2.75) is 19.0 Å². The Morgan fingerprint density at radius 3 is 2.71 bits per heavy atom. The van der Waals surface area contributed by atoms with E-state index in [9.17, 15) is 4.79 Å². The Morgan fingerprint density at radius 2 is 2.18 bits per heavy atom. The van der Waals surface area contributed by atoms with Crippen LogP contribution >= 0.6 is 0 Å². The molecule has 2 rings (SSSR count). The number of nitrogens with one attached hydrogen (secondary N) is 1. The standard InChI is InChI=1S/C13H15N3O/c14-7-9-16(13(17)12-6-8-15-12)10-11-4-2-1-3-5-11/h1-5,12,15H,6,8-10H2. The van der Waals surface area contributed by atoms with Gasteiger partial charge in [0.2, 0.25) is 5.91 Å². The zero-order valence-electron chi connectivity index (χ0n) is 9.60. The van der Waals surface area contributed by atoms with Crippen LogP contribution in [0.5, 0.6) is 0 Å². The molecule has 1 aromatic rings. The van der Waals surface area contributed by atoms with E-state index < -0.39 is 0 Å². The molecule has 1 saturated heterocycles. The minimum Gasteiger partial charge on any atom is -0.324 e. The highest BCUT2D eigenvalue weighted by Gasteiger charge is 2.28. The first-order valence-electron chi connectivity index (χ1n) is 5.74. The third-order valence-electron chi connectivity index (χ3n) is 2.91. The molecule has 1 heterocycles. The van der Waals surface area contributed by atoms with E-state index in [0.29, 0.717) is 6.54 Å². The summed E-state index contributed by atoms with van der Waals surface area (Å²) >= 11 is 0. The molecule has 0 saturated carbocycles. The van der Waals surface area contributed by atoms with Gasteiger partial charge in [0.15, 0.2) is 0 Å². The fourth-order valence-corrected chi connectivity index (χ4v) is 1.82. The van der Waals surface area contributed by atoms with Crippen molar-refractivity contribution in [3.8, 4) is 6.07 Å². The number of benzene rings is 1. The van der Waals surface area contributed by atoms with E-state index >= 15 is 0 Å².